The van der Waals surface area contributed by atoms with Crippen molar-refractivity contribution >= 4 is 23.3 Å². The van der Waals surface area contributed by atoms with Gasteiger partial charge in [-0.1, -0.05) is 18.2 Å². The number of pyridine rings is 1. The number of nitrogens with one attached hydrogen (secondary N) is 1. The second kappa shape index (κ2) is 9.64. The number of amides is 2. The van der Waals surface area contributed by atoms with Gasteiger partial charge in [-0.25, -0.2) is 4.98 Å². The quantitative estimate of drug-likeness (QED) is 0.648. The number of anilines is 2. The number of aromatic nitrogens is 3. The smallest absolute Gasteiger partial charge is 0.255 e. The maximum Gasteiger partial charge on any atom is 0.255 e. The van der Waals surface area contributed by atoms with Gasteiger partial charge in [-0.3, -0.25) is 14.3 Å². The second-order valence-electron chi connectivity index (χ2n) is 8.15. The summed E-state index contributed by atoms with van der Waals surface area (Å²) in [4.78, 5) is 33.4. The number of rotatable bonds is 6. The molecule has 8 heteroatoms. The van der Waals surface area contributed by atoms with Crippen molar-refractivity contribution in [2.75, 3.05) is 31.6 Å². The van der Waals surface area contributed by atoms with Gasteiger partial charge in [0.25, 0.3) is 11.8 Å². The molecule has 0 saturated carbocycles. The number of carbonyl (C=O) groups is 2. The number of piperidine rings is 1. The average molecular weight is 433 g/mol. The van der Waals surface area contributed by atoms with Crippen molar-refractivity contribution in [3.05, 3.63) is 72.2 Å². The van der Waals surface area contributed by atoms with E-state index in [1.165, 1.54) is 0 Å². The maximum absolute atomic E-state index is 12.9. The summed E-state index contributed by atoms with van der Waals surface area (Å²) >= 11 is 0. The molecule has 0 bridgehead atoms. The molecule has 1 aliphatic heterocycles. The molecule has 1 N–H and O–H groups in total. The van der Waals surface area contributed by atoms with Crippen LogP contribution in [0.25, 0.3) is 0 Å². The summed E-state index contributed by atoms with van der Waals surface area (Å²) < 4.78 is 1.61. The Morgan fingerprint density at radius 2 is 1.81 bits per heavy atom. The Bertz CT molecular complexity index is 1060. The predicted octanol–water partition coefficient (Wildman–Crippen LogP) is 2.87. The summed E-state index contributed by atoms with van der Waals surface area (Å²) in [6, 6.07) is 13.7. The fourth-order valence-corrected chi connectivity index (χ4v) is 3.90. The van der Waals surface area contributed by atoms with Crippen LogP contribution in [0.5, 0.6) is 0 Å². The molecule has 0 atom stereocenters. The largest absolute Gasteiger partial charge is 0.352 e. The molecule has 3 aromatic rings. The first-order valence-corrected chi connectivity index (χ1v) is 10.8. The van der Waals surface area contributed by atoms with Gasteiger partial charge in [-0.2, -0.15) is 5.10 Å². The van der Waals surface area contributed by atoms with Crippen molar-refractivity contribution in [2.45, 2.75) is 12.8 Å². The van der Waals surface area contributed by atoms with E-state index < -0.39 is 0 Å². The molecule has 0 radical (unpaired) electrons. The van der Waals surface area contributed by atoms with Gasteiger partial charge in [0.05, 0.1) is 17.3 Å². The Kier molecular flexibility index (Phi) is 6.49. The van der Waals surface area contributed by atoms with Gasteiger partial charge in [0.1, 0.15) is 5.82 Å². The molecule has 166 valence electrons. The molecular weight excluding hydrogens is 404 g/mol. The highest BCUT2D eigenvalue weighted by Crippen LogP contribution is 2.22. The lowest BCUT2D eigenvalue weighted by atomic mass is 9.96. The van der Waals surface area contributed by atoms with Gasteiger partial charge in [0.2, 0.25) is 0 Å². The van der Waals surface area contributed by atoms with Gasteiger partial charge >= 0.3 is 0 Å². The molecule has 1 aliphatic rings. The first kappa shape index (κ1) is 21.5. The summed E-state index contributed by atoms with van der Waals surface area (Å²) in [5.41, 5.74) is 2.20. The van der Waals surface area contributed by atoms with Crippen molar-refractivity contribution in [3.8, 4) is 0 Å². The molecule has 0 unspecified atom stereocenters. The van der Waals surface area contributed by atoms with Crippen LogP contribution >= 0.6 is 0 Å². The minimum Gasteiger partial charge on any atom is -0.352 e. The number of likely N-dealkylation sites (tertiary alicyclic amines) is 1. The number of hydrogen-bond donors (Lipinski definition) is 1. The second-order valence-corrected chi connectivity index (χ2v) is 8.15. The lowest BCUT2D eigenvalue weighted by Crippen LogP contribution is -2.41. The molecule has 8 nitrogen and oxygen atoms in total. The number of aryl methyl sites for hydroxylation is 1. The van der Waals surface area contributed by atoms with E-state index in [-0.39, 0.29) is 11.8 Å². The molecule has 3 heterocycles. The first-order valence-electron chi connectivity index (χ1n) is 10.8. The lowest BCUT2D eigenvalue weighted by Gasteiger charge is -2.32. The first-order chi connectivity index (χ1) is 15.5. The van der Waals surface area contributed by atoms with Crippen LogP contribution in [-0.4, -0.2) is 58.2 Å². The highest BCUT2D eigenvalue weighted by atomic mass is 16.2. The summed E-state index contributed by atoms with van der Waals surface area (Å²) in [7, 11) is 3.74. The highest BCUT2D eigenvalue weighted by Gasteiger charge is 2.24. The van der Waals surface area contributed by atoms with Gasteiger partial charge in [0, 0.05) is 51.8 Å². The van der Waals surface area contributed by atoms with Crippen molar-refractivity contribution in [1.82, 2.24) is 25.0 Å². The van der Waals surface area contributed by atoms with Gasteiger partial charge in [-0.05, 0) is 43.0 Å². The van der Waals surface area contributed by atoms with Gasteiger partial charge < -0.3 is 15.1 Å². The Morgan fingerprint density at radius 1 is 1.06 bits per heavy atom. The summed E-state index contributed by atoms with van der Waals surface area (Å²) in [5.74, 6) is 1.04. The van der Waals surface area contributed by atoms with Crippen molar-refractivity contribution < 1.29 is 9.59 Å². The van der Waals surface area contributed by atoms with Crippen LogP contribution in [0, 0.1) is 5.92 Å². The van der Waals surface area contributed by atoms with E-state index in [2.05, 4.69) is 15.4 Å². The standard InChI is InChI=1S/C24H28N6O2/c1-28-17-20(16-27-28)23(31)26-14-18-10-12-30(13-11-18)24(32)19-8-9-22(25-15-19)29(2)21-6-4-3-5-7-21/h3-9,15-18H,10-14H2,1-2H3,(H,26,31). The zero-order chi connectivity index (χ0) is 22.5. The van der Waals surface area contributed by atoms with Crippen LogP contribution in [0.3, 0.4) is 0 Å². The molecule has 1 aromatic carbocycles. The number of carbonyl (C=O) groups excluding carboxylic acids is 2. The highest BCUT2D eigenvalue weighted by molar-refractivity contribution is 5.94. The Morgan fingerprint density at radius 3 is 2.44 bits per heavy atom. The molecule has 1 fully saturated rings. The van der Waals surface area contributed by atoms with E-state index in [1.54, 1.807) is 30.3 Å². The number of benzene rings is 1. The molecule has 32 heavy (non-hydrogen) atoms. The van der Waals surface area contributed by atoms with E-state index >= 15 is 0 Å². The topological polar surface area (TPSA) is 83.4 Å². The van der Waals surface area contributed by atoms with Crippen LogP contribution in [0.4, 0.5) is 11.5 Å². The monoisotopic (exact) mass is 432 g/mol. The fourth-order valence-electron chi connectivity index (χ4n) is 3.90. The molecule has 2 aromatic heterocycles. The third-order valence-corrected chi connectivity index (χ3v) is 5.90. The maximum atomic E-state index is 12.9. The average Bonchev–Trinajstić information content (AvgIpc) is 3.29. The third-order valence-electron chi connectivity index (χ3n) is 5.90. The Balaban J connectivity index is 1.27. The number of hydrogen-bond acceptors (Lipinski definition) is 5. The number of nitrogens with zero attached hydrogens (tertiary/aromatic N) is 5. The van der Waals surface area contributed by atoms with Crippen LogP contribution in [0.1, 0.15) is 33.6 Å². The summed E-state index contributed by atoms with van der Waals surface area (Å²) in [5, 5.41) is 7.00. The summed E-state index contributed by atoms with van der Waals surface area (Å²) in [6.07, 6.45) is 6.64. The van der Waals surface area contributed by atoms with Gasteiger partial charge in [0.15, 0.2) is 0 Å². The Labute approximate surface area is 187 Å². The zero-order valence-corrected chi connectivity index (χ0v) is 18.4. The third kappa shape index (κ3) is 4.96. The molecule has 0 spiro atoms. The minimum absolute atomic E-state index is 0.00394. The molecular formula is C24H28N6O2. The van der Waals surface area contributed by atoms with E-state index in [0.29, 0.717) is 36.7 Å². The Hall–Kier alpha value is -3.68. The van der Waals surface area contributed by atoms with Crippen LogP contribution in [-0.2, 0) is 7.05 Å². The molecule has 4 rings (SSSR count). The van der Waals surface area contributed by atoms with Crippen LogP contribution < -0.4 is 10.2 Å². The van der Waals surface area contributed by atoms with E-state index in [1.807, 2.05) is 59.3 Å². The fraction of sp³-hybridized carbons (Fsp3) is 0.333. The number of para-hydroxylation sites is 1. The molecule has 2 amide bonds. The van der Waals surface area contributed by atoms with Crippen molar-refractivity contribution in [1.29, 1.82) is 0 Å². The van der Waals surface area contributed by atoms with Crippen molar-refractivity contribution in [3.63, 3.8) is 0 Å². The van der Waals surface area contributed by atoms with E-state index in [9.17, 15) is 9.59 Å². The van der Waals surface area contributed by atoms with E-state index in [4.69, 9.17) is 0 Å². The van der Waals surface area contributed by atoms with E-state index in [0.717, 1.165) is 24.3 Å². The zero-order valence-electron chi connectivity index (χ0n) is 18.4. The SMILES string of the molecule is CN(c1ccccc1)c1ccc(C(=O)N2CCC(CNC(=O)c3cnn(C)c3)CC2)cn1. The van der Waals surface area contributed by atoms with Crippen molar-refractivity contribution in [2.24, 2.45) is 13.0 Å². The van der Waals surface area contributed by atoms with Crippen LogP contribution in [0.15, 0.2) is 61.1 Å². The summed E-state index contributed by atoms with van der Waals surface area (Å²) in [6.45, 7) is 1.97. The normalized spacial score (nSPS) is 14.2. The molecule has 1 saturated heterocycles. The minimum atomic E-state index is -0.108. The van der Waals surface area contributed by atoms with Crippen LogP contribution in [0.2, 0.25) is 0 Å². The molecule has 0 aliphatic carbocycles. The predicted molar refractivity (Wildman–Crippen MR) is 123 cm³/mol. The lowest BCUT2D eigenvalue weighted by molar-refractivity contribution is 0.0684. The van der Waals surface area contributed by atoms with Gasteiger partial charge in [-0.15, -0.1) is 0 Å².